The number of rotatable bonds is 3. The third-order valence-corrected chi connectivity index (χ3v) is 3.49. The first-order valence-corrected chi connectivity index (χ1v) is 7.12. The van der Waals surface area contributed by atoms with E-state index >= 15 is 0 Å². The van der Waals surface area contributed by atoms with Crippen molar-refractivity contribution < 1.29 is 0 Å². The molecular formula is C16H16ClN3. The van der Waals surface area contributed by atoms with Gasteiger partial charge in [-0.1, -0.05) is 37.6 Å². The van der Waals surface area contributed by atoms with Gasteiger partial charge in [0.25, 0.3) is 0 Å². The van der Waals surface area contributed by atoms with E-state index in [1.54, 1.807) is 6.20 Å². The van der Waals surface area contributed by atoms with Crippen molar-refractivity contribution in [2.45, 2.75) is 20.3 Å². The van der Waals surface area contributed by atoms with Crippen LogP contribution in [0, 0.1) is 5.92 Å². The first kappa shape index (κ1) is 13.1. The van der Waals surface area contributed by atoms with Gasteiger partial charge in [-0.2, -0.15) is 0 Å². The van der Waals surface area contributed by atoms with Crippen molar-refractivity contribution in [1.29, 1.82) is 0 Å². The van der Waals surface area contributed by atoms with E-state index in [1.165, 1.54) is 0 Å². The molecule has 0 unspecified atom stereocenters. The SMILES string of the molecule is CC(C)Cc1nc2cccnc2n1-c1ccccc1Cl. The molecule has 1 aromatic carbocycles. The highest BCUT2D eigenvalue weighted by molar-refractivity contribution is 6.32. The van der Waals surface area contributed by atoms with Gasteiger partial charge in [-0.15, -0.1) is 0 Å². The molecule has 0 amide bonds. The summed E-state index contributed by atoms with van der Waals surface area (Å²) in [6.07, 6.45) is 2.68. The van der Waals surface area contributed by atoms with E-state index in [2.05, 4.69) is 23.4 Å². The van der Waals surface area contributed by atoms with Gasteiger partial charge in [0.2, 0.25) is 0 Å². The van der Waals surface area contributed by atoms with E-state index in [9.17, 15) is 0 Å². The lowest BCUT2D eigenvalue weighted by Crippen LogP contribution is -2.06. The van der Waals surface area contributed by atoms with E-state index in [1.807, 2.05) is 36.4 Å². The molecule has 0 saturated carbocycles. The number of halogens is 1. The molecule has 3 rings (SSSR count). The fourth-order valence-electron chi connectivity index (χ4n) is 2.35. The number of para-hydroxylation sites is 1. The Hall–Kier alpha value is -1.87. The number of hydrogen-bond donors (Lipinski definition) is 0. The van der Waals surface area contributed by atoms with Crippen LogP contribution in [0.1, 0.15) is 19.7 Å². The maximum atomic E-state index is 6.35. The summed E-state index contributed by atoms with van der Waals surface area (Å²) in [5.41, 5.74) is 2.70. The minimum Gasteiger partial charge on any atom is -0.279 e. The molecule has 0 aliphatic carbocycles. The number of aromatic nitrogens is 3. The van der Waals surface area contributed by atoms with Crippen molar-refractivity contribution in [3.63, 3.8) is 0 Å². The lowest BCUT2D eigenvalue weighted by molar-refractivity contribution is 0.616. The summed E-state index contributed by atoms with van der Waals surface area (Å²) in [5.74, 6) is 1.52. The van der Waals surface area contributed by atoms with E-state index in [4.69, 9.17) is 16.6 Å². The number of hydrogen-bond acceptors (Lipinski definition) is 2. The topological polar surface area (TPSA) is 30.7 Å². The van der Waals surface area contributed by atoms with Crippen LogP contribution in [0.4, 0.5) is 0 Å². The van der Waals surface area contributed by atoms with Crippen LogP contribution in [0.5, 0.6) is 0 Å². The van der Waals surface area contributed by atoms with Crippen molar-refractivity contribution in [1.82, 2.24) is 14.5 Å². The molecular weight excluding hydrogens is 270 g/mol. The Morgan fingerprint density at radius 3 is 2.70 bits per heavy atom. The lowest BCUT2D eigenvalue weighted by Gasteiger charge is -2.11. The second kappa shape index (κ2) is 5.25. The maximum Gasteiger partial charge on any atom is 0.164 e. The van der Waals surface area contributed by atoms with Crippen LogP contribution in [0.2, 0.25) is 5.02 Å². The molecule has 0 atom stereocenters. The first-order chi connectivity index (χ1) is 9.66. The van der Waals surface area contributed by atoms with Crippen molar-refractivity contribution in [2.75, 3.05) is 0 Å². The van der Waals surface area contributed by atoms with Crippen LogP contribution in [0.25, 0.3) is 16.9 Å². The minimum atomic E-state index is 0.521. The largest absolute Gasteiger partial charge is 0.279 e. The monoisotopic (exact) mass is 285 g/mol. The maximum absolute atomic E-state index is 6.35. The molecule has 0 aliphatic heterocycles. The first-order valence-electron chi connectivity index (χ1n) is 6.74. The molecule has 0 bridgehead atoms. The summed E-state index contributed by atoms with van der Waals surface area (Å²) >= 11 is 6.35. The minimum absolute atomic E-state index is 0.521. The Bertz CT molecular complexity index is 746. The van der Waals surface area contributed by atoms with Gasteiger partial charge in [0.05, 0.1) is 10.7 Å². The number of fused-ring (bicyclic) bond motifs is 1. The Balaban J connectivity index is 2.29. The fraction of sp³-hybridized carbons (Fsp3) is 0.250. The number of benzene rings is 1. The molecule has 2 heterocycles. The van der Waals surface area contributed by atoms with Gasteiger partial charge in [0, 0.05) is 12.6 Å². The zero-order valence-corrected chi connectivity index (χ0v) is 12.3. The third kappa shape index (κ3) is 2.29. The van der Waals surface area contributed by atoms with Gasteiger partial charge in [-0.3, -0.25) is 4.57 Å². The summed E-state index contributed by atoms with van der Waals surface area (Å²) in [7, 11) is 0. The molecule has 0 saturated heterocycles. The highest BCUT2D eigenvalue weighted by Gasteiger charge is 2.15. The highest BCUT2D eigenvalue weighted by atomic mass is 35.5. The summed E-state index contributed by atoms with van der Waals surface area (Å²) in [6.45, 7) is 4.37. The van der Waals surface area contributed by atoms with Gasteiger partial charge in [-0.05, 0) is 30.2 Å². The summed E-state index contributed by atoms with van der Waals surface area (Å²) < 4.78 is 2.07. The van der Waals surface area contributed by atoms with E-state index in [-0.39, 0.29) is 0 Å². The van der Waals surface area contributed by atoms with E-state index in [0.717, 1.165) is 29.1 Å². The molecule has 0 fully saturated rings. The quantitative estimate of drug-likeness (QED) is 0.719. The van der Waals surface area contributed by atoms with E-state index in [0.29, 0.717) is 10.9 Å². The number of pyridine rings is 1. The van der Waals surface area contributed by atoms with Crippen molar-refractivity contribution >= 4 is 22.8 Å². The van der Waals surface area contributed by atoms with Crippen molar-refractivity contribution in [3.8, 4) is 5.69 Å². The Kier molecular flexibility index (Phi) is 3.45. The molecule has 0 radical (unpaired) electrons. The average molecular weight is 286 g/mol. The molecule has 0 N–H and O–H groups in total. The average Bonchev–Trinajstić information content (AvgIpc) is 2.76. The summed E-state index contributed by atoms with van der Waals surface area (Å²) in [6, 6.07) is 11.7. The Morgan fingerprint density at radius 2 is 1.95 bits per heavy atom. The Morgan fingerprint density at radius 1 is 1.15 bits per heavy atom. The highest BCUT2D eigenvalue weighted by Crippen LogP contribution is 2.26. The van der Waals surface area contributed by atoms with Crippen LogP contribution < -0.4 is 0 Å². The van der Waals surface area contributed by atoms with Gasteiger partial charge in [0.1, 0.15) is 11.3 Å². The van der Waals surface area contributed by atoms with Crippen molar-refractivity contribution in [3.05, 3.63) is 53.4 Å². The molecule has 0 spiro atoms. The second-order valence-electron chi connectivity index (χ2n) is 5.26. The Labute approximate surface area is 123 Å². The molecule has 102 valence electrons. The van der Waals surface area contributed by atoms with Crippen LogP contribution in [0.15, 0.2) is 42.6 Å². The van der Waals surface area contributed by atoms with Gasteiger partial charge >= 0.3 is 0 Å². The molecule has 4 heteroatoms. The molecule has 2 aromatic heterocycles. The molecule has 20 heavy (non-hydrogen) atoms. The zero-order valence-electron chi connectivity index (χ0n) is 11.5. The van der Waals surface area contributed by atoms with Crippen LogP contribution in [-0.2, 0) is 6.42 Å². The smallest absolute Gasteiger partial charge is 0.164 e. The molecule has 3 aromatic rings. The van der Waals surface area contributed by atoms with Crippen LogP contribution in [-0.4, -0.2) is 14.5 Å². The molecule has 0 aliphatic rings. The van der Waals surface area contributed by atoms with Crippen LogP contribution >= 0.6 is 11.6 Å². The lowest BCUT2D eigenvalue weighted by atomic mass is 10.1. The summed E-state index contributed by atoms with van der Waals surface area (Å²) in [5, 5.41) is 0.711. The third-order valence-electron chi connectivity index (χ3n) is 3.17. The van der Waals surface area contributed by atoms with Gasteiger partial charge in [-0.25, -0.2) is 9.97 Å². The predicted octanol–water partition coefficient (Wildman–Crippen LogP) is 4.27. The fourth-order valence-corrected chi connectivity index (χ4v) is 2.57. The molecule has 3 nitrogen and oxygen atoms in total. The standard InChI is InChI=1S/C16H16ClN3/c1-11(2)10-15-19-13-7-5-9-18-16(13)20(15)14-8-4-3-6-12(14)17/h3-9,11H,10H2,1-2H3. The number of imidazole rings is 1. The predicted molar refractivity (Wildman–Crippen MR) is 82.4 cm³/mol. The van der Waals surface area contributed by atoms with Crippen molar-refractivity contribution in [2.24, 2.45) is 5.92 Å². The second-order valence-corrected chi connectivity index (χ2v) is 5.67. The van der Waals surface area contributed by atoms with Crippen LogP contribution in [0.3, 0.4) is 0 Å². The van der Waals surface area contributed by atoms with E-state index < -0.39 is 0 Å². The number of nitrogens with zero attached hydrogens (tertiary/aromatic N) is 3. The van der Waals surface area contributed by atoms with Gasteiger partial charge < -0.3 is 0 Å². The summed E-state index contributed by atoms with van der Waals surface area (Å²) in [4.78, 5) is 9.18. The zero-order chi connectivity index (χ0) is 14.1. The van der Waals surface area contributed by atoms with Gasteiger partial charge in [0.15, 0.2) is 5.65 Å². The normalized spacial score (nSPS) is 11.4.